The molecule has 0 saturated carbocycles. The Kier molecular flexibility index (Phi) is 17.9. The maximum Gasteiger partial charge on any atom is 0.217 e. The third kappa shape index (κ3) is 17.5. The van der Waals surface area contributed by atoms with Crippen molar-refractivity contribution in [3.05, 3.63) is 12.2 Å². The minimum Gasteiger partial charge on any atom is -0.396 e. The van der Waals surface area contributed by atoms with Crippen LogP contribution in [0.3, 0.4) is 0 Å². The summed E-state index contributed by atoms with van der Waals surface area (Å²) in [5.41, 5.74) is 5.11. The standard InChI is InChI=1S/C21H41NO2/c1-2-20(19-23)17-15-13-11-9-7-5-3-4-6-8-10-12-14-16-18-21(22)24/h3,5,20,23H,2,4,6-19H2,1H3,(H2,22,24)/b5-3-. The van der Waals surface area contributed by atoms with Crippen LogP contribution < -0.4 is 5.73 Å². The molecular formula is C21H41NO2. The van der Waals surface area contributed by atoms with Gasteiger partial charge in [0.05, 0.1) is 0 Å². The quantitative estimate of drug-likeness (QED) is 0.255. The fraction of sp³-hybridized carbons (Fsp3) is 0.857. The number of hydrogen-bond donors (Lipinski definition) is 2. The summed E-state index contributed by atoms with van der Waals surface area (Å²) in [6.45, 7) is 2.52. The Balaban J connectivity index is 3.18. The van der Waals surface area contributed by atoms with Gasteiger partial charge in [0.1, 0.15) is 0 Å². The monoisotopic (exact) mass is 339 g/mol. The topological polar surface area (TPSA) is 63.3 Å². The van der Waals surface area contributed by atoms with E-state index in [1.165, 1.54) is 70.6 Å². The van der Waals surface area contributed by atoms with Crippen LogP contribution in [-0.4, -0.2) is 17.6 Å². The first-order valence-corrected chi connectivity index (χ1v) is 10.2. The van der Waals surface area contributed by atoms with Crippen LogP contribution in [0.2, 0.25) is 0 Å². The summed E-state index contributed by atoms with van der Waals surface area (Å²) in [4.78, 5) is 10.6. The summed E-state index contributed by atoms with van der Waals surface area (Å²) in [7, 11) is 0. The Morgan fingerprint density at radius 3 is 1.88 bits per heavy atom. The van der Waals surface area contributed by atoms with Crippen molar-refractivity contribution < 1.29 is 9.90 Å². The molecule has 142 valence electrons. The molecule has 0 spiro atoms. The van der Waals surface area contributed by atoms with Crippen molar-refractivity contribution in [3.8, 4) is 0 Å². The van der Waals surface area contributed by atoms with Gasteiger partial charge in [0.25, 0.3) is 0 Å². The number of amides is 1. The molecule has 0 bridgehead atoms. The van der Waals surface area contributed by atoms with E-state index in [4.69, 9.17) is 10.8 Å². The minimum atomic E-state index is -0.171. The number of carbonyl (C=O) groups is 1. The molecule has 3 N–H and O–H groups in total. The second-order valence-electron chi connectivity index (χ2n) is 7.05. The van der Waals surface area contributed by atoms with Gasteiger partial charge in [0, 0.05) is 13.0 Å². The van der Waals surface area contributed by atoms with Crippen LogP contribution in [-0.2, 0) is 4.79 Å². The zero-order chi connectivity index (χ0) is 17.9. The molecule has 1 amide bonds. The Morgan fingerprint density at radius 1 is 0.875 bits per heavy atom. The SMILES string of the molecule is CCC(CO)CCCCCC/C=C\CCCCCCCCC(N)=O. The molecule has 0 heterocycles. The lowest BCUT2D eigenvalue weighted by Crippen LogP contribution is -2.09. The van der Waals surface area contributed by atoms with Gasteiger partial charge in [-0.05, 0) is 44.4 Å². The van der Waals surface area contributed by atoms with Crippen LogP contribution in [0.5, 0.6) is 0 Å². The van der Waals surface area contributed by atoms with Crippen molar-refractivity contribution in [2.75, 3.05) is 6.61 Å². The van der Waals surface area contributed by atoms with Gasteiger partial charge < -0.3 is 10.8 Å². The molecule has 0 fully saturated rings. The lowest BCUT2D eigenvalue weighted by atomic mass is 9.99. The van der Waals surface area contributed by atoms with Gasteiger partial charge >= 0.3 is 0 Å². The molecule has 1 atom stereocenters. The first-order chi connectivity index (χ1) is 11.7. The second-order valence-corrected chi connectivity index (χ2v) is 7.05. The number of primary amides is 1. The first kappa shape index (κ1) is 23.2. The number of rotatable bonds is 18. The predicted molar refractivity (Wildman–Crippen MR) is 104 cm³/mol. The Morgan fingerprint density at radius 2 is 1.38 bits per heavy atom. The Labute approximate surface area is 150 Å². The average Bonchev–Trinajstić information content (AvgIpc) is 2.57. The molecule has 3 heteroatoms. The number of aliphatic hydroxyl groups is 1. The van der Waals surface area contributed by atoms with Gasteiger partial charge in [-0.2, -0.15) is 0 Å². The number of unbranched alkanes of at least 4 members (excludes halogenated alkanes) is 10. The number of hydrogen-bond acceptors (Lipinski definition) is 2. The lowest BCUT2D eigenvalue weighted by molar-refractivity contribution is -0.118. The summed E-state index contributed by atoms with van der Waals surface area (Å²) in [6.07, 6.45) is 22.3. The fourth-order valence-electron chi connectivity index (χ4n) is 2.98. The highest BCUT2D eigenvalue weighted by Gasteiger charge is 2.03. The summed E-state index contributed by atoms with van der Waals surface area (Å²) in [5.74, 6) is 0.350. The van der Waals surface area contributed by atoms with Gasteiger partial charge in [-0.3, -0.25) is 4.79 Å². The summed E-state index contributed by atoms with van der Waals surface area (Å²) >= 11 is 0. The van der Waals surface area contributed by atoms with Crippen molar-refractivity contribution in [2.45, 2.75) is 103 Å². The molecule has 24 heavy (non-hydrogen) atoms. The van der Waals surface area contributed by atoms with E-state index in [9.17, 15) is 4.79 Å². The van der Waals surface area contributed by atoms with Crippen LogP contribution in [0, 0.1) is 5.92 Å². The zero-order valence-corrected chi connectivity index (χ0v) is 16.0. The maximum atomic E-state index is 10.6. The minimum absolute atomic E-state index is 0.171. The van der Waals surface area contributed by atoms with Crippen LogP contribution in [0.15, 0.2) is 12.2 Å². The molecular weight excluding hydrogens is 298 g/mol. The molecule has 3 nitrogen and oxygen atoms in total. The highest BCUT2D eigenvalue weighted by molar-refractivity contribution is 5.73. The number of nitrogens with two attached hydrogens (primary N) is 1. The van der Waals surface area contributed by atoms with Crippen molar-refractivity contribution >= 4 is 5.91 Å². The van der Waals surface area contributed by atoms with Gasteiger partial charge in [-0.15, -0.1) is 0 Å². The first-order valence-electron chi connectivity index (χ1n) is 10.2. The summed E-state index contributed by atoms with van der Waals surface area (Å²) in [6, 6.07) is 0. The van der Waals surface area contributed by atoms with E-state index in [1.54, 1.807) is 0 Å². The van der Waals surface area contributed by atoms with Crippen LogP contribution in [0.1, 0.15) is 103 Å². The third-order valence-electron chi connectivity index (χ3n) is 4.78. The van der Waals surface area contributed by atoms with Gasteiger partial charge in [-0.25, -0.2) is 0 Å². The van der Waals surface area contributed by atoms with E-state index in [0.717, 1.165) is 19.3 Å². The summed E-state index contributed by atoms with van der Waals surface area (Å²) in [5, 5.41) is 9.14. The van der Waals surface area contributed by atoms with Gasteiger partial charge in [-0.1, -0.05) is 70.4 Å². The predicted octanol–water partition coefficient (Wildman–Crippen LogP) is 5.51. The number of aliphatic hydroxyl groups excluding tert-OH is 1. The van der Waals surface area contributed by atoms with Crippen molar-refractivity contribution in [3.63, 3.8) is 0 Å². The molecule has 0 aromatic carbocycles. The average molecular weight is 340 g/mol. The normalized spacial score (nSPS) is 12.8. The van der Waals surface area contributed by atoms with E-state index >= 15 is 0 Å². The van der Waals surface area contributed by atoms with Gasteiger partial charge in [0.15, 0.2) is 0 Å². The molecule has 0 aliphatic rings. The summed E-state index contributed by atoms with van der Waals surface area (Å²) < 4.78 is 0. The molecule has 1 unspecified atom stereocenters. The number of allylic oxidation sites excluding steroid dienone is 2. The number of carbonyl (C=O) groups excluding carboxylic acids is 1. The van der Waals surface area contributed by atoms with Crippen molar-refractivity contribution in [1.82, 2.24) is 0 Å². The Bertz CT molecular complexity index is 298. The Hall–Kier alpha value is -0.830. The molecule has 0 aromatic rings. The van der Waals surface area contributed by atoms with E-state index in [2.05, 4.69) is 19.1 Å². The van der Waals surface area contributed by atoms with Crippen LogP contribution in [0.25, 0.3) is 0 Å². The van der Waals surface area contributed by atoms with Crippen LogP contribution in [0.4, 0.5) is 0 Å². The molecule has 0 radical (unpaired) electrons. The van der Waals surface area contributed by atoms with Crippen molar-refractivity contribution in [1.29, 1.82) is 0 Å². The molecule has 0 aliphatic heterocycles. The highest BCUT2D eigenvalue weighted by atomic mass is 16.3. The largest absolute Gasteiger partial charge is 0.396 e. The highest BCUT2D eigenvalue weighted by Crippen LogP contribution is 2.14. The van der Waals surface area contributed by atoms with Gasteiger partial charge in [0.2, 0.25) is 5.91 Å². The smallest absolute Gasteiger partial charge is 0.217 e. The van der Waals surface area contributed by atoms with E-state index in [0.29, 0.717) is 18.9 Å². The molecule has 0 rings (SSSR count). The second kappa shape index (κ2) is 18.5. The fourth-order valence-corrected chi connectivity index (χ4v) is 2.98. The lowest BCUT2D eigenvalue weighted by Gasteiger charge is -2.10. The van der Waals surface area contributed by atoms with E-state index < -0.39 is 0 Å². The zero-order valence-electron chi connectivity index (χ0n) is 16.0. The van der Waals surface area contributed by atoms with E-state index in [-0.39, 0.29) is 5.91 Å². The maximum absolute atomic E-state index is 10.6. The molecule has 0 aliphatic carbocycles. The molecule has 0 aromatic heterocycles. The molecule has 0 saturated heterocycles. The van der Waals surface area contributed by atoms with E-state index in [1.807, 2.05) is 0 Å². The van der Waals surface area contributed by atoms with Crippen molar-refractivity contribution in [2.24, 2.45) is 11.7 Å². The van der Waals surface area contributed by atoms with Crippen LogP contribution >= 0.6 is 0 Å². The third-order valence-corrected chi connectivity index (χ3v) is 4.78.